The van der Waals surface area contributed by atoms with E-state index in [4.69, 9.17) is 0 Å². The van der Waals surface area contributed by atoms with Crippen molar-refractivity contribution in [2.45, 2.75) is 6.42 Å². The average Bonchev–Trinajstić information content (AvgIpc) is 2.78. The van der Waals surface area contributed by atoms with E-state index in [1.807, 2.05) is 18.2 Å². The first kappa shape index (κ1) is 11.3. The van der Waals surface area contributed by atoms with Crippen LogP contribution in [0.4, 0.5) is 10.2 Å². The number of anilines is 1. The molecule has 0 amide bonds. The van der Waals surface area contributed by atoms with Crippen molar-refractivity contribution < 1.29 is 4.39 Å². The predicted molar refractivity (Wildman–Crippen MR) is 63.2 cm³/mol. The minimum atomic E-state index is -0.176. The predicted octanol–water partition coefficient (Wildman–Crippen LogP) is 1.78. The number of likely N-dealkylation sites (tertiary alicyclic amines) is 1. The fourth-order valence-electron chi connectivity index (χ4n) is 2.05. The zero-order valence-electron chi connectivity index (χ0n) is 9.40. The summed E-state index contributed by atoms with van der Waals surface area (Å²) in [6.45, 7) is 3.59. The van der Waals surface area contributed by atoms with Gasteiger partial charge in [0.2, 0.25) is 0 Å². The highest BCUT2D eigenvalue weighted by molar-refractivity contribution is 5.32. The van der Waals surface area contributed by atoms with Crippen molar-refractivity contribution in [1.82, 2.24) is 9.88 Å². The molecule has 4 heteroatoms. The van der Waals surface area contributed by atoms with Gasteiger partial charge >= 0.3 is 0 Å². The summed E-state index contributed by atoms with van der Waals surface area (Å²) in [4.78, 5) is 6.49. The van der Waals surface area contributed by atoms with Crippen molar-refractivity contribution in [1.29, 1.82) is 0 Å². The van der Waals surface area contributed by atoms with E-state index in [0.29, 0.717) is 0 Å². The van der Waals surface area contributed by atoms with Crippen molar-refractivity contribution >= 4 is 5.82 Å². The molecule has 1 aromatic rings. The van der Waals surface area contributed by atoms with Gasteiger partial charge in [-0.25, -0.2) is 4.98 Å². The maximum atomic E-state index is 12.4. The molecule has 1 aliphatic heterocycles. The molecule has 1 fully saturated rings. The van der Waals surface area contributed by atoms with Gasteiger partial charge in [0.05, 0.1) is 6.67 Å². The third-order valence-corrected chi connectivity index (χ3v) is 2.99. The molecule has 0 radical (unpaired) electrons. The molecule has 2 heterocycles. The maximum Gasteiger partial charge on any atom is 0.125 e. The first-order valence-corrected chi connectivity index (χ1v) is 5.81. The van der Waals surface area contributed by atoms with Crippen LogP contribution in [0.1, 0.15) is 6.42 Å². The molecule has 1 saturated heterocycles. The number of pyridine rings is 1. The molecule has 16 heavy (non-hydrogen) atoms. The average molecular weight is 223 g/mol. The summed E-state index contributed by atoms with van der Waals surface area (Å²) in [6, 6.07) is 5.82. The van der Waals surface area contributed by atoms with Crippen molar-refractivity contribution in [2.75, 3.05) is 38.2 Å². The van der Waals surface area contributed by atoms with Crippen LogP contribution in [-0.4, -0.2) is 42.7 Å². The van der Waals surface area contributed by atoms with Crippen molar-refractivity contribution in [3.05, 3.63) is 24.4 Å². The minimum Gasteiger partial charge on any atom is -0.369 e. The molecular formula is C12H18FN3. The Labute approximate surface area is 95.7 Å². The molecule has 2 rings (SSSR count). The summed E-state index contributed by atoms with van der Waals surface area (Å²) in [5, 5.41) is 3.26. The molecule has 0 aromatic carbocycles. The fourth-order valence-corrected chi connectivity index (χ4v) is 2.05. The summed E-state index contributed by atoms with van der Waals surface area (Å²) in [7, 11) is 0. The molecule has 0 bridgehead atoms. The molecule has 0 aliphatic carbocycles. The lowest BCUT2D eigenvalue weighted by Crippen LogP contribution is -2.27. The summed E-state index contributed by atoms with van der Waals surface area (Å²) in [5.41, 5.74) is 0. The number of nitrogens with one attached hydrogen (secondary N) is 1. The smallest absolute Gasteiger partial charge is 0.125 e. The number of rotatable bonds is 5. The van der Waals surface area contributed by atoms with E-state index in [9.17, 15) is 4.39 Å². The van der Waals surface area contributed by atoms with Gasteiger partial charge in [0.15, 0.2) is 0 Å². The Kier molecular flexibility index (Phi) is 4.10. The minimum absolute atomic E-state index is 0.176. The Morgan fingerprint density at radius 3 is 3.12 bits per heavy atom. The number of hydrogen-bond donors (Lipinski definition) is 1. The van der Waals surface area contributed by atoms with Crippen LogP contribution in [0.25, 0.3) is 0 Å². The molecule has 1 N–H and O–H groups in total. The molecule has 0 saturated carbocycles. The molecule has 1 aromatic heterocycles. The second-order valence-electron chi connectivity index (χ2n) is 4.25. The zero-order chi connectivity index (χ0) is 11.2. The van der Waals surface area contributed by atoms with Gasteiger partial charge in [-0.1, -0.05) is 6.07 Å². The molecular weight excluding hydrogens is 205 g/mol. The van der Waals surface area contributed by atoms with Crippen LogP contribution < -0.4 is 5.32 Å². The van der Waals surface area contributed by atoms with Crippen LogP contribution in [-0.2, 0) is 0 Å². The SMILES string of the molecule is FCC1CCN(CCNc2ccccn2)C1. The summed E-state index contributed by atoms with van der Waals surface area (Å²) >= 11 is 0. The number of aromatic nitrogens is 1. The molecule has 1 aliphatic rings. The Morgan fingerprint density at radius 2 is 2.44 bits per heavy atom. The van der Waals surface area contributed by atoms with Gasteiger partial charge in [0.1, 0.15) is 5.82 Å². The highest BCUT2D eigenvalue weighted by Gasteiger charge is 2.21. The summed E-state index contributed by atoms with van der Waals surface area (Å²) < 4.78 is 12.4. The quantitative estimate of drug-likeness (QED) is 0.824. The van der Waals surface area contributed by atoms with E-state index in [0.717, 1.165) is 38.4 Å². The number of nitrogens with zero attached hydrogens (tertiary/aromatic N) is 2. The van der Waals surface area contributed by atoms with Gasteiger partial charge in [-0.3, -0.25) is 4.39 Å². The molecule has 1 atom stereocenters. The van der Waals surface area contributed by atoms with Crippen LogP contribution in [0, 0.1) is 5.92 Å². The Balaban J connectivity index is 1.65. The second-order valence-corrected chi connectivity index (χ2v) is 4.25. The van der Waals surface area contributed by atoms with Gasteiger partial charge in [-0.2, -0.15) is 0 Å². The monoisotopic (exact) mass is 223 g/mol. The Morgan fingerprint density at radius 1 is 1.50 bits per heavy atom. The van der Waals surface area contributed by atoms with Crippen LogP contribution in [0.15, 0.2) is 24.4 Å². The van der Waals surface area contributed by atoms with Crippen molar-refractivity contribution in [3.63, 3.8) is 0 Å². The first-order chi connectivity index (χ1) is 7.88. The van der Waals surface area contributed by atoms with E-state index in [2.05, 4.69) is 15.2 Å². The van der Waals surface area contributed by atoms with Crippen LogP contribution >= 0.6 is 0 Å². The lowest BCUT2D eigenvalue weighted by atomic mass is 10.1. The lowest BCUT2D eigenvalue weighted by molar-refractivity contribution is 0.311. The number of hydrogen-bond acceptors (Lipinski definition) is 3. The molecule has 3 nitrogen and oxygen atoms in total. The fraction of sp³-hybridized carbons (Fsp3) is 0.583. The van der Waals surface area contributed by atoms with E-state index in [-0.39, 0.29) is 12.6 Å². The number of alkyl halides is 1. The topological polar surface area (TPSA) is 28.2 Å². The largest absolute Gasteiger partial charge is 0.369 e. The van der Waals surface area contributed by atoms with Gasteiger partial charge in [-0.05, 0) is 25.1 Å². The van der Waals surface area contributed by atoms with Gasteiger partial charge in [0, 0.05) is 31.7 Å². The standard InChI is InChI=1S/C12H18FN3/c13-9-11-4-7-16(10-11)8-6-15-12-3-1-2-5-14-12/h1-3,5,11H,4,6-10H2,(H,14,15). The highest BCUT2D eigenvalue weighted by Crippen LogP contribution is 2.15. The van der Waals surface area contributed by atoms with Crippen molar-refractivity contribution in [2.24, 2.45) is 5.92 Å². The van der Waals surface area contributed by atoms with E-state index >= 15 is 0 Å². The van der Waals surface area contributed by atoms with Crippen molar-refractivity contribution in [3.8, 4) is 0 Å². The van der Waals surface area contributed by atoms with E-state index < -0.39 is 0 Å². The van der Waals surface area contributed by atoms with E-state index in [1.165, 1.54) is 0 Å². The normalized spacial score (nSPS) is 21.2. The number of halogens is 1. The van der Waals surface area contributed by atoms with Crippen LogP contribution in [0.3, 0.4) is 0 Å². The highest BCUT2D eigenvalue weighted by atomic mass is 19.1. The summed E-state index contributed by atoms with van der Waals surface area (Å²) in [6.07, 6.45) is 2.78. The first-order valence-electron chi connectivity index (χ1n) is 5.81. The third-order valence-electron chi connectivity index (χ3n) is 2.99. The Hall–Kier alpha value is -1.16. The van der Waals surface area contributed by atoms with E-state index in [1.54, 1.807) is 6.20 Å². The van der Waals surface area contributed by atoms with Crippen LogP contribution in [0.2, 0.25) is 0 Å². The van der Waals surface area contributed by atoms with Gasteiger partial charge in [-0.15, -0.1) is 0 Å². The molecule has 88 valence electrons. The van der Waals surface area contributed by atoms with Gasteiger partial charge in [0.25, 0.3) is 0 Å². The third kappa shape index (κ3) is 3.17. The lowest BCUT2D eigenvalue weighted by Gasteiger charge is -2.15. The molecule has 1 unspecified atom stereocenters. The summed E-state index contributed by atoms with van der Waals surface area (Å²) in [5.74, 6) is 1.17. The zero-order valence-corrected chi connectivity index (χ0v) is 9.40. The molecule has 0 spiro atoms. The second kappa shape index (κ2) is 5.80. The van der Waals surface area contributed by atoms with Crippen LogP contribution in [0.5, 0.6) is 0 Å². The Bertz CT molecular complexity index is 304. The maximum absolute atomic E-state index is 12.4. The van der Waals surface area contributed by atoms with Gasteiger partial charge < -0.3 is 10.2 Å².